The molecule has 3 aromatic rings. The highest BCUT2D eigenvalue weighted by atomic mass is 16.4. The SMILES string of the molecule is N#Cc1ncccc1Cn1c(C(=O)O)cc2ccccc21. The highest BCUT2D eigenvalue weighted by molar-refractivity contribution is 5.94. The van der Waals surface area contributed by atoms with E-state index >= 15 is 0 Å². The zero-order valence-electron chi connectivity index (χ0n) is 11.0. The first-order valence-electron chi connectivity index (χ1n) is 6.36. The number of rotatable bonds is 3. The summed E-state index contributed by atoms with van der Waals surface area (Å²) in [5.74, 6) is -0.992. The van der Waals surface area contributed by atoms with Gasteiger partial charge in [-0.1, -0.05) is 24.3 Å². The standard InChI is InChI=1S/C16H11N3O2/c17-9-13-12(5-3-7-18-13)10-19-14-6-2-1-4-11(14)8-15(19)16(20)21/h1-8H,10H2,(H,20,21). The molecular weight excluding hydrogens is 266 g/mol. The van der Waals surface area contributed by atoms with Crippen LogP contribution in [0, 0.1) is 11.3 Å². The van der Waals surface area contributed by atoms with Crippen molar-refractivity contribution < 1.29 is 9.90 Å². The maximum absolute atomic E-state index is 11.4. The summed E-state index contributed by atoms with van der Waals surface area (Å²) < 4.78 is 1.69. The first-order chi connectivity index (χ1) is 10.2. The molecule has 1 aromatic carbocycles. The zero-order valence-corrected chi connectivity index (χ0v) is 11.0. The zero-order chi connectivity index (χ0) is 14.8. The molecule has 5 nitrogen and oxygen atoms in total. The molecule has 0 unspecified atom stereocenters. The number of fused-ring (bicyclic) bond motifs is 1. The average Bonchev–Trinajstić information content (AvgIpc) is 2.87. The Kier molecular flexibility index (Phi) is 3.13. The third-order valence-corrected chi connectivity index (χ3v) is 3.36. The summed E-state index contributed by atoms with van der Waals surface area (Å²) in [6.45, 7) is 0.297. The van der Waals surface area contributed by atoms with E-state index in [9.17, 15) is 9.90 Å². The Hall–Kier alpha value is -3.13. The smallest absolute Gasteiger partial charge is 0.352 e. The fourth-order valence-electron chi connectivity index (χ4n) is 2.40. The third kappa shape index (κ3) is 2.23. The Morgan fingerprint density at radius 3 is 2.86 bits per heavy atom. The van der Waals surface area contributed by atoms with Gasteiger partial charge in [0.05, 0.1) is 6.54 Å². The monoisotopic (exact) mass is 277 g/mol. The molecule has 102 valence electrons. The van der Waals surface area contributed by atoms with Crippen LogP contribution in [0.15, 0.2) is 48.7 Å². The number of benzene rings is 1. The second-order valence-electron chi connectivity index (χ2n) is 4.60. The van der Waals surface area contributed by atoms with Gasteiger partial charge in [-0.15, -0.1) is 0 Å². The summed E-state index contributed by atoms with van der Waals surface area (Å²) in [7, 11) is 0. The van der Waals surface area contributed by atoms with Crippen molar-refractivity contribution >= 4 is 16.9 Å². The van der Waals surface area contributed by atoms with Crippen LogP contribution in [0.2, 0.25) is 0 Å². The van der Waals surface area contributed by atoms with Crippen molar-refractivity contribution in [2.24, 2.45) is 0 Å². The molecule has 0 saturated heterocycles. The number of carboxylic acid groups (broad SMARTS) is 1. The molecule has 0 radical (unpaired) electrons. The molecule has 3 rings (SSSR count). The van der Waals surface area contributed by atoms with Crippen molar-refractivity contribution in [2.75, 3.05) is 0 Å². The van der Waals surface area contributed by atoms with Crippen molar-refractivity contribution in [3.63, 3.8) is 0 Å². The summed E-state index contributed by atoms with van der Waals surface area (Å²) in [5, 5.41) is 19.3. The third-order valence-electron chi connectivity index (χ3n) is 3.36. The van der Waals surface area contributed by atoms with Gasteiger partial charge in [-0.25, -0.2) is 9.78 Å². The highest BCUT2D eigenvalue weighted by Crippen LogP contribution is 2.22. The van der Waals surface area contributed by atoms with Crippen molar-refractivity contribution in [1.82, 2.24) is 9.55 Å². The number of nitrogens with zero attached hydrogens (tertiary/aromatic N) is 3. The molecule has 0 spiro atoms. The first kappa shape index (κ1) is 12.9. The lowest BCUT2D eigenvalue weighted by molar-refractivity contribution is 0.0686. The Balaban J connectivity index is 2.18. The van der Waals surface area contributed by atoms with E-state index in [0.29, 0.717) is 17.8 Å². The molecule has 0 saturated carbocycles. The van der Waals surface area contributed by atoms with Crippen molar-refractivity contribution in [3.8, 4) is 6.07 Å². The molecule has 21 heavy (non-hydrogen) atoms. The molecular formula is C16H11N3O2. The Morgan fingerprint density at radius 2 is 2.10 bits per heavy atom. The summed E-state index contributed by atoms with van der Waals surface area (Å²) in [5.41, 5.74) is 2.03. The van der Waals surface area contributed by atoms with Crippen LogP contribution >= 0.6 is 0 Å². The minimum atomic E-state index is -0.992. The lowest BCUT2D eigenvalue weighted by Gasteiger charge is -2.09. The summed E-state index contributed by atoms with van der Waals surface area (Å²) in [4.78, 5) is 15.4. The highest BCUT2D eigenvalue weighted by Gasteiger charge is 2.15. The van der Waals surface area contributed by atoms with Crippen molar-refractivity contribution in [2.45, 2.75) is 6.54 Å². The molecule has 2 aromatic heterocycles. The largest absolute Gasteiger partial charge is 0.477 e. The lowest BCUT2D eigenvalue weighted by atomic mass is 10.2. The van der Waals surface area contributed by atoms with Crippen LogP contribution in [0.5, 0.6) is 0 Å². The number of aromatic carboxylic acids is 1. The minimum absolute atomic E-state index is 0.198. The van der Waals surface area contributed by atoms with E-state index in [1.807, 2.05) is 30.3 Å². The number of pyridine rings is 1. The molecule has 2 heterocycles. The molecule has 0 atom stereocenters. The van der Waals surface area contributed by atoms with Gasteiger partial charge >= 0.3 is 5.97 Å². The predicted octanol–water partition coefficient (Wildman–Crippen LogP) is 2.65. The number of para-hydroxylation sites is 1. The van der Waals surface area contributed by atoms with Crippen LogP contribution in [-0.2, 0) is 6.54 Å². The van der Waals surface area contributed by atoms with Gasteiger partial charge in [-0.2, -0.15) is 5.26 Å². The first-order valence-corrected chi connectivity index (χ1v) is 6.36. The van der Waals surface area contributed by atoms with Gasteiger partial charge in [0.1, 0.15) is 17.5 Å². The fraction of sp³-hybridized carbons (Fsp3) is 0.0625. The van der Waals surface area contributed by atoms with Crippen LogP contribution in [-0.4, -0.2) is 20.6 Å². The van der Waals surface area contributed by atoms with E-state index in [1.54, 1.807) is 29.0 Å². The fourth-order valence-corrected chi connectivity index (χ4v) is 2.40. The van der Waals surface area contributed by atoms with Crippen LogP contribution in [0.4, 0.5) is 0 Å². The Bertz CT molecular complexity index is 875. The van der Waals surface area contributed by atoms with Crippen LogP contribution < -0.4 is 0 Å². The second kappa shape index (κ2) is 5.10. The quantitative estimate of drug-likeness (QED) is 0.798. The van der Waals surface area contributed by atoms with Crippen molar-refractivity contribution in [3.05, 3.63) is 65.6 Å². The number of hydrogen-bond acceptors (Lipinski definition) is 3. The topological polar surface area (TPSA) is 78.9 Å². The van der Waals surface area contributed by atoms with E-state index in [-0.39, 0.29) is 5.69 Å². The Labute approximate surface area is 120 Å². The Morgan fingerprint density at radius 1 is 1.29 bits per heavy atom. The van der Waals surface area contributed by atoms with Gasteiger partial charge in [-0.05, 0) is 18.2 Å². The lowest BCUT2D eigenvalue weighted by Crippen LogP contribution is -2.10. The number of nitriles is 1. The van der Waals surface area contributed by atoms with E-state index in [4.69, 9.17) is 5.26 Å². The van der Waals surface area contributed by atoms with Gasteiger partial charge in [0.25, 0.3) is 0 Å². The molecule has 0 aliphatic rings. The number of carbonyl (C=O) groups is 1. The minimum Gasteiger partial charge on any atom is -0.477 e. The maximum atomic E-state index is 11.4. The number of hydrogen-bond donors (Lipinski definition) is 1. The molecule has 0 aliphatic heterocycles. The molecule has 0 aliphatic carbocycles. The van der Waals surface area contributed by atoms with Crippen LogP contribution in [0.25, 0.3) is 10.9 Å². The van der Waals surface area contributed by atoms with E-state index in [0.717, 1.165) is 10.9 Å². The van der Waals surface area contributed by atoms with Gasteiger partial charge in [0.2, 0.25) is 0 Å². The van der Waals surface area contributed by atoms with Gasteiger partial charge < -0.3 is 9.67 Å². The normalized spacial score (nSPS) is 10.4. The van der Waals surface area contributed by atoms with E-state index in [2.05, 4.69) is 4.98 Å². The summed E-state index contributed by atoms with van der Waals surface area (Å²) in [6.07, 6.45) is 1.55. The van der Waals surface area contributed by atoms with Gasteiger partial charge in [0, 0.05) is 22.7 Å². The summed E-state index contributed by atoms with van der Waals surface area (Å²) >= 11 is 0. The predicted molar refractivity (Wildman–Crippen MR) is 77.0 cm³/mol. The molecule has 0 fully saturated rings. The van der Waals surface area contributed by atoms with Crippen LogP contribution in [0.3, 0.4) is 0 Å². The van der Waals surface area contributed by atoms with Crippen LogP contribution in [0.1, 0.15) is 21.7 Å². The number of aromatic nitrogens is 2. The average molecular weight is 277 g/mol. The molecule has 1 N–H and O–H groups in total. The van der Waals surface area contributed by atoms with Gasteiger partial charge in [-0.3, -0.25) is 0 Å². The molecule has 0 bridgehead atoms. The maximum Gasteiger partial charge on any atom is 0.352 e. The van der Waals surface area contributed by atoms with Gasteiger partial charge in [0.15, 0.2) is 0 Å². The molecule has 0 amide bonds. The second-order valence-corrected chi connectivity index (χ2v) is 4.60. The van der Waals surface area contributed by atoms with Crippen molar-refractivity contribution in [1.29, 1.82) is 5.26 Å². The number of carboxylic acids is 1. The summed E-state index contributed by atoms with van der Waals surface area (Å²) in [6, 6.07) is 14.7. The van der Waals surface area contributed by atoms with E-state index in [1.165, 1.54) is 0 Å². The molecule has 5 heteroatoms. The van der Waals surface area contributed by atoms with E-state index < -0.39 is 5.97 Å².